The third-order valence-electron chi connectivity index (χ3n) is 1.40. The Hall–Kier alpha value is -1.16. The van der Waals surface area contributed by atoms with Gasteiger partial charge in [-0.1, -0.05) is 27.4 Å². The summed E-state index contributed by atoms with van der Waals surface area (Å²) >= 11 is 0. The van der Waals surface area contributed by atoms with Gasteiger partial charge in [0.2, 0.25) is 0 Å². The molecule has 4 heteroatoms. The number of hydroxylamine groups is 1. The number of hydrogen-bond acceptors (Lipinski definition) is 3. The normalized spacial score (nSPS) is 10.7. The number of carbonyl (C=O) groups is 2. The lowest BCUT2D eigenvalue weighted by atomic mass is 9.91. The Kier molecular flexibility index (Phi) is 4.34. The summed E-state index contributed by atoms with van der Waals surface area (Å²) in [6.45, 7) is 8.47. The van der Waals surface area contributed by atoms with Crippen LogP contribution in [0.1, 0.15) is 20.8 Å². The van der Waals surface area contributed by atoms with Crippen molar-refractivity contribution < 1.29 is 14.4 Å². The predicted octanol–water partition coefficient (Wildman–Crippen LogP) is 0.835. The number of nitrogens with one attached hydrogen (secondary N) is 1. The molecular weight excluding hydrogens is 170 g/mol. The Bertz CT molecular complexity index is 215. The van der Waals surface area contributed by atoms with E-state index >= 15 is 0 Å². The van der Waals surface area contributed by atoms with E-state index < -0.39 is 11.3 Å². The van der Waals surface area contributed by atoms with Gasteiger partial charge in [0, 0.05) is 5.41 Å². The van der Waals surface area contributed by atoms with Gasteiger partial charge in [0.15, 0.2) is 5.78 Å². The van der Waals surface area contributed by atoms with E-state index in [-0.39, 0.29) is 12.4 Å². The zero-order valence-electron chi connectivity index (χ0n) is 8.22. The highest BCUT2D eigenvalue weighted by molar-refractivity contribution is 5.87. The molecule has 1 amide bonds. The standard InChI is InChI=1S/C9H15NO3/c1-5-8(12)10-13-6-7(11)9(2,3)4/h5H,1,6H2,2-4H3,(H,10,12). The molecule has 0 saturated carbocycles. The molecule has 0 spiro atoms. The Labute approximate surface area is 77.9 Å². The Morgan fingerprint density at radius 1 is 1.46 bits per heavy atom. The zero-order valence-corrected chi connectivity index (χ0v) is 8.22. The van der Waals surface area contributed by atoms with Gasteiger partial charge in [-0.2, -0.15) is 0 Å². The van der Waals surface area contributed by atoms with Crippen molar-refractivity contribution in [3.05, 3.63) is 12.7 Å². The minimum absolute atomic E-state index is 0.0723. The van der Waals surface area contributed by atoms with Crippen LogP contribution in [0.3, 0.4) is 0 Å². The number of rotatable bonds is 4. The maximum atomic E-state index is 11.2. The Morgan fingerprint density at radius 3 is 2.38 bits per heavy atom. The van der Waals surface area contributed by atoms with Crippen LogP contribution in [0.5, 0.6) is 0 Å². The van der Waals surface area contributed by atoms with E-state index in [1.54, 1.807) is 20.8 Å². The SMILES string of the molecule is C=CC(=O)NOCC(=O)C(C)(C)C. The second-order valence-electron chi connectivity index (χ2n) is 3.63. The van der Waals surface area contributed by atoms with Crippen molar-refractivity contribution in [1.29, 1.82) is 0 Å². The lowest BCUT2D eigenvalue weighted by Crippen LogP contribution is -2.30. The van der Waals surface area contributed by atoms with E-state index in [0.717, 1.165) is 6.08 Å². The van der Waals surface area contributed by atoms with Gasteiger partial charge >= 0.3 is 0 Å². The van der Waals surface area contributed by atoms with Crippen molar-refractivity contribution in [2.45, 2.75) is 20.8 Å². The maximum Gasteiger partial charge on any atom is 0.266 e. The van der Waals surface area contributed by atoms with Gasteiger partial charge < -0.3 is 0 Å². The lowest BCUT2D eigenvalue weighted by molar-refractivity contribution is -0.139. The molecule has 13 heavy (non-hydrogen) atoms. The molecule has 0 radical (unpaired) electrons. The summed E-state index contributed by atoms with van der Waals surface area (Å²) < 4.78 is 0. The van der Waals surface area contributed by atoms with Crippen LogP contribution in [0.15, 0.2) is 12.7 Å². The maximum absolute atomic E-state index is 11.2. The van der Waals surface area contributed by atoms with E-state index in [1.807, 2.05) is 0 Å². The van der Waals surface area contributed by atoms with Gasteiger partial charge in [0.1, 0.15) is 6.61 Å². The minimum atomic E-state index is -0.457. The quantitative estimate of drug-likeness (QED) is 0.521. The molecule has 74 valence electrons. The summed E-state index contributed by atoms with van der Waals surface area (Å²) in [4.78, 5) is 26.5. The molecule has 0 rings (SSSR count). The molecule has 0 fully saturated rings. The molecule has 0 aromatic heterocycles. The summed E-state index contributed by atoms with van der Waals surface area (Å²) in [7, 11) is 0. The molecule has 4 nitrogen and oxygen atoms in total. The van der Waals surface area contributed by atoms with E-state index in [4.69, 9.17) is 0 Å². The van der Waals surface area contributed by atoms with Crippen molar-refractivity contribution in [2.24, 2.45) is 5.41 Å². The topological polar surface area (TPSA) is 55.4 Å². The Morgan fingerprint density at radius 2 is 2.00 bits per heavy atom. The fraction of sp³-hybridized carbons (Fsp3) is 0.556. The van der Waals surface area contributed by atoms with Crippen LogP contribution in [-0.4, -0.2) is 18.3 Å². The first kappa shape index (κ1) is 11.8. The number of amides is 1. The summed E-state index contributed by atoms with van der Waals surface area (Å²) in [5.74, 6) is -0.529. The van der Waals surface area contributed by atoms with Gasteiger partial charge in [0.25, 0.3) is 5.91 Å². The third-order valence-corrected chi connectivity index (χ3v) is 1.40. The second-order valence-corrected chi connectivity index (χ2v) is 3.63. The van der Waals surface area contributed by atoms with Crippen LogP contribution >= 0.6 is 0 Å². The monoisotopic (exact) mass is 185 g/mol. The molecule has 0 saturated heterocycles. The van der Waals surface area contributed by atoms with Gasteiger partial charge in [-0.15, -0.1) is 0 Å². The van der Waals surface area contributed by atoms with Crippen molar-refractivity contribution >= 4 is 11.7 Å². The molecule has 0 bridgehead atoms. The molecule has 0 atom stereocenters. The van der Waals surface area contributed by atoms with Crippen LogP contribution in [0.25, 0.3) is 0 Å². The van der Waals surface area contributed by atoms with Crippen molar-refractivity contribution in [2.75, 3.05) is 6.61 Å². The summed E-state index contributed by atoms with van der Waals surface area (Å²) in [5, 5.41) is 0. The van der Waals surface area contributed by atoms with Crippen LogP contribution in [0, 0.1) is 5.41 Å². The lowest BCUT2D eigenvalue weighted by Gasteiger charge is -2.15. The first-order chi connectivity index (χ1) is 5.88. The van der Waals surface area contributed by atoms with E-state index in [1.165, 1.54) is 0 Å². The van der Waals surface area contributed by atoms with Crippen molar-refractivity contribution in [1.82, 2.24) is 5.48 Å². The highest BCUT2D eigenvalue weighted by Crippen LogP contribution is 2.13. The summed E-state index contributed by atoms with van der Waals surface area (Å²) in [6.07, 6.45) is 1.07. The second kappa shape index (κ2) is 4.77. The molecule has 0 aliphatic rings. The number of ketones is 1. The van der Waals surface area contributed by atoms with Gasteiger partial charge in [-0.25, -0.2) is 5.48 Å². The van der Waals surface area contributed by atoms with Crippen LogP contribution < -0.4 is 5.48 Å². The first-order valence-corrected chi connectivity index (χ1v) is 3.95. The highest BCUT2D eigenvalue weighted by atomic mass is 16.7. The first-order valence-electron chi connectivity index (χ1n) is 3.95. The van der Waals surface area contributed by atoms with E-state index in [9.17, 15) is 9.59 Å². The van der Waals surface area contributed by atoms with Crippen LogP contribution in [-0.2, 0) is 14.4 Å². The Balaban J connectivity index is 3.73. The number of carbonyl (C=O) groups excluding carboxylic acids is 2. The fourth-order valence-electron chi connectivity index (χ4n) is 0.431. The predicted molar refractivity (Wildman–Crippen MR) is 48.8 cm³/mol. The average molecular weight is 185 g/mol. The molecule has 0 heterocycles. The molecule has 0 aromatic carbocycles. The van der Waals surface area contributed by atoms with Gasteiger partial charge in [0.05, 0.1) is 0 Å². The summed E-state index contributed by atoms with van der Waals surface area (Å²) in [5.41, 5.74) is 1.61. The molecule has 1 N–H and O–H groups in total. The summed E-state index contributed by atoms with van der Waals surface area (Å²) in [6, 6.07) is 0. The molecule has 0 unspecified atom stereocenters. The van der Waals surface area contributed by atoms with Crippen LogP contribution in [0.2, 0.25) is 0 Å². The fourth-order valence-corrected chi connectivity index (χ4v) is 0.431. The minimum Gasteiger partial charge on any atom is -0.296 e. The molecular formula is C9H15NO3. The van der Waals surface area contributed by atoms with Crippen molar-refractivity contribution in [3.63, 3.8) is 0 Å². The largest absolute Gasteiger partial charge is 0.296 e. The number of Topliss-reactive ketones (excluding diaryl/α,β-unsaturated/α-hetero) is 1. The van der Waals surface area contributed by atoms with Crippen LogP contribution in [0.4, 0.5) is 0 Å². The van der Waals surface area contributed by atoms with E-state index in [2.05, 4.69) is 16.9 Å². The zero-order chi connectivity index (χ0) is 10.5. The van der Waals surface area contributed by atoms with E-state index in [0.29, 0.717) is 0 Å². The van der Waals surface area contributed by atoms with Gasteiger partial charge in [-0.05, 0) is 6.08 Å². The average Bonchev–Trinajstić information content (AvgIpc) is 2.02. The molecule has 0 aliphatic carbocycles. The van der Waals surface area contributed by atoms with Gasteiger partial charge in [-0.3, -0.25) is 14.4 Å². The highest BCUT2D eigenvalue weighted by Gasteiger charge is 2.21. The third kappa shape index (κ3) is 5.14. The molecule has 0 aliphatic heterocycles. The molecule has 0 aromatic rings. The number of hydrogen-bond donors (Lipinski definition) is 1. The van der Waals surface area contributed by atoms with Crippen molar-refractivity contribution in [3.8, 4) is 0 Å². The smallest absolute Gasteiger partial charge is 0.266 e.